The summed E-state index contributed by atoms with van der Waals surface area (Å²) in [5.74, 6) is 0.165. The van der Waals surface area contributed by atoms with Crippen LogP contribution in [-0.2, 0) is 14.9 Å². The van der Waals surface area contributed by atoms with Gasteiger partial charge in [-0.1, -0.05) is 11.6 Å². The van der Waals surface area contributed by atoms with Gasteiger partial charge in [-0.05, 0) is 43.5 Å². The Hall–Kier alpha value is -2.27. The summed E-state index contributed by atoms with van der Waals surface area (Å²) in [5.41, 5.74) is 4.99. The van der Waals surface area contributed by atoms with Crippen LogP contribution >= 0.6 is 0 Å². The average molecular weight is 338 g/mol. The molecule has 1 aliphatic carbocycles. The molecule has 2 fully saturated rings. The third kappa shape index (κ3) is 1.69. The number of anilines is 1. The van der Waals surface area contributed by atoms with Crippen LogP contribution in [0.4, 0.5) is 5.69 Å². The second-order valence-electron chi connectivity index (χ2n) is 7.49. The first-order chi connectivity index (χ1) is 12.1. The van der Waals surface area contributed by atoms with Gasteiger partial charge in [0.25, 0.3) is 0 Å². The van der Waals surface area contributed by atoms with Crippen molar-refractivity contribution in [2.75, 3.05) is 25.5 Å². The van der Waals surface area contributed by atoms with E-state index < -0.39 is 0 Å². The molecular formula is C20H22N2O3. The van der Waals surface area contributed by atoms with Crippen LogP contribution in [0, 0.1) is 5.92 Å². The molecular weight excluding hydrogens is 316 g/mol. The lowest BCUT2D eigenvalue weighted by Crippen LogP contribution is -2.53. The summed E-state index contributed by atoms with van der Waals surface area (Å²) in [4.78, 5) is 15.3. The van der Waals surface area contributed by atoms with Crippen molar-refractivity contribution >= 4 is 11.7 Å². The maximum absolute atomic E-state index is 12.8. The van der Waals surface area contributed by atoms with E-state index in [1.165, 1.54) is 12.7 Å². The summed E-state index contributed by atoms with van der Waals surface area (Å²) in [7, 11) is 1.46. The van der Waals surface area contributed by atoms with Crippen LogP contribution in [0.2, 0.25) is 0 Å². The highest BCUT2D eigenvalue weighted by molar-refractivity contribution is 5.94. The molecule has 2 bridgehead atoms. The van der Waals surface area contributed by atoms with Gasteiger partial charge in [-0.15, -0.1) is 0 Å². The first-order valence-electron chi connectivity index (χ1n) is 8.92. The summed E-state index contributed by atoms with van der Waals surface area (Å²) in [6, 6.07) is 5.86. The summed E-state index contributed by atoms with van der Waals surface area (Å²) >= 11 is 0. The molecule has 5 nitrogen and oxygen atoms in total. The van der Waals surface area contributed by atoms with Gasteiger partial charge < -0.3 is 15.2 Å². The van der Waals surface area contributed by atoms with Gasteiger partial charge in [0.1, 0.15) is 5.75 Å². The Kier molecular flexibility index (Phi) is 2.93. The SMILES string of the molecule is C/C=C1/CN2CCC34C(=C(C(=O)OC)C1CC23)Nc1ccc(O)cc14. The predicted octanol–water partition coefficient (Wildman–Crippen LogP) is 2.54. The highest BCUT2D eigenvalue weighted by Gasteiger charge is 2.62. The first-order valence-corrected chi connectivity index (χ1v) is 8.92. The number of carbonyl (C=O) groups is 1. The molecule has 2 saturated heterocycles. The number of hydrogen-bond donors (Lipinski definition) is 2. The van der Waals surface area contributed by atoms with Gasteiger partial charge in [-0.25, -0.2) is 4.79 Å². The van der Waals surface area contributed by atoms with Gasteiger partial charge in [0.2, 0.25) is 0 Å². The number of methoxy groups -OCH3 is 1. The smallest absolute Gasteiger partial charge is 0.336 e. The van der Waals surface area contributed by atoms with Gasteiger partial charge in [-0.3, -0.25) is 4.90 Å². The standard InChI is InChI=1S/C20H22N2O3/c1-3-11-10-22-7-6-20-14-8-12(23)4-5-15(14)21-18(20)17(19(24)25-2)13(11)9-16(20)22/h3-5,8,13,16,21,23H,6-7,9-10H2,1-2H3/b11-3-. The zero-order valence-corrected chi connectivity index (χ0v) is 14.5. The number of carbonyl (C=O) groups excluding carboxylic acids is 1. The van der Waals surface area contributed by atoms with Gasteiger partial charge >= 0.3 is 5.97 Å². The topological polar surface area (TPSA) is 61.8 Å². The number of benzene rings is 1. The molecule has 1 spiro atoms. The number of esters is 1. The number of hydrogen-bond acceptors (Lipinski definition) is 5. The second-order valence-corrected chi connectivity index (χ2v) is 7.49. The van der Waals surface area contributed by atoms with E-state index >= 15 is 0 Å². The minimum absolute atomic E-state index is 0.121. The molecule has 0 radical (unpaired) electrons. The van der Waals surface area contributed by atoms with E-state index in [-0.39, 0.29) is 23.1 Å². The zero-order chi connectivity index (χ0) is 17.3. The largest absolute Gasteiger partial charge is 0.508 e. The van der Waals surface area contributed by atoms with Gasteiger partial charge in [-0.2, -0.15) is 0 Å². The number of ether oxygens (including phenoxy) is 1. The number of phenols is 1. The molecule has 3 atom stereocenters. The molecule has 3 heterocycles. The molecule has 0 aromatic heterocycles. The van der Waals surface area contributed by atoms with Gasteiger partial charge in [0.15, 0.2) is 0 Å². The number of aromatic hydroxyl groups is 1. The minimum Gasteiger partial charge on any atom is -0.508 e. The van der Waals surface area contributed by atoms with E-state index in [9.17, 15) is 9.90 Å². The van der Waals surface area contributed by atoms with E-state index in [1.54, 1.807) is 6.07 Å². The van der Waals surface area contributed by atoms with Crippen LogP contribution in [0.15, 0.2) is 41.1 Å². The van der Waals surface area contributed by atoms with Crippen molar-refractivity contribution in [1.82, 2.24) is 4.90 Å². The Morgan fingerprint density at radius 2 is 2.32 bits per heavy atom. The Balaban J connectivity index is 1.82. The molecule has 1 aromatic carbocycles. The Morgan fingerprint density at radius 3 is 3.08 bits per heavy atom. The fourth-order valence-electron chi connectivity index (χ4n) is 5.64. The lowest BCUT2D eigenvalue weighted by atomic mass is 9.62. The van der Waals surface area contributed by atoms with Crippen LogP contribution in [0.5, 0.6) is 5.75 Å². The second kappa shape index (κ2) is 4.88. The third-order valence-corrected chi connectivity index (χ3v) is 6.68. The van der Waals surface area contributed by atoms with Crippen molar-refractivity contribution in [2.24, 2.45) is 5.92 Å². The molecule has 0 saturated carbocycles. The number of rotatable bonds is 1. The van der Waals surface area contributed by atoms with Crippen molar-refractivity contribution in [1.29, 1.82) is 0 Å². The fourth-order valence-corrected chi connectivity index (χ4v) is 5.64. The highest BCUT2D eigenvalue weighted by atomic mass is 16.5. The van der Waals surface area contributed by atoms with E-state index in [1.807, 2.05) is 12.1 Å². The van der Waals surface area contributed by atoms with E-state index in [4.69, 9.17) is 4.74 Å². The van der Waals surface area contributed by atoms with Crippen LogP contribution in [0.25, 0.3) is 0 Å². The van der Waals surface area contributed by atoms with Crippen molar-refractivity contribution in [3.05, 3.63) is 46.7 Å². The first kappa shape index (κ1) is 15.0. The van der Waals surface area contributed by atoms with Gasteiger partial charge in [0, 0.05) is 36.4 Å². The molecule has 1 aromatic rings. The van der Waals surface area contributed by atoms with Crippen molar-refractivity contribution in [3.8, 4) is 5.75 Å². The van der Waals surface area contributed by atoms with Crippen molar-refractivity contribution in [2.45, 2.75) is 31.2 Å². The zero-order valence-electron chi connectivity index (χ0n) is 14.5. The molecule has 3 aliphatic heterocycles. The van der Waals surface area contributed by atoms with E-state index in [0.717, 1.165) is 48.5 Å². The molecule has 25 heavy (non-hydrogen) atoms. The lowest BCUT2D eigenvalue weighted by molar-refractivity contribution is -0.137. The normalized spacial score (nSPS) is 33.9. The Bertz CT molecular complexity index is 856. The number of phenolic OH excluding ortho intramolecular Hbond substituents is 1. The summed E-state index contributed by atoms with van der Waals surface area (Å²) in [6.07, 6.45) is 4.05. The third-order valence-electron chi connectivity index (χ3n) is 6.68. The number of fused-ring (bicyclic) bond motifs is 2. The molecule has 4 aliphatic rings. The molecule has 5 rings (SSSR count). The lowest BCUT2D eigenvalue weighted by Gasteiger charge is -2.48. The van der Waals surface area contributed by atoms with Crippen LogP contribution in [0.1, 0.15) is 25.3 Å². The number of piperidine rings is 1. The molecule has 2 N–H and O–H groups in total. The fraction of sp³-hybridized carbons (Fsp3) is 0.450. The summed E-state index contributed by atoms with van der Waals surface area (Å²) in [5, 5.41) is 13.6. The minimum atomic E-state index is -0.234. The molecule has 3 unspecified atom stereocenters. The van der Waals surface area contributed by atoms with Crippen LogP contribution in [0.3, 0.4) is 0 Å². The van der Waals surface area contributed by atoms with Crippen molar-refractivity contribution in [3.63, 3.8) is 0 Å². The molecule has 0 amide bonds. The molecule has 130 valence electrons. The highest BCUT2D eigenvalue weighted by Crippen LogP contribution is 2.61. The number of nitrogens with zero attached hydrogens (tertiary/aromatic N) is 1. The van der Waals surface area contributed by atoms with Crippen molar-refractivity contribution < 1.29 is 14.6 Å². The van der Waals surface area contributed by atoms with E-state index in [2.05, 4.69) is 23.2 Å². The summed E-state index contributed by atoms with van der Waals surface area (Å²) < 4.78 is 5.18. The monoisotopic (exact) mass is 338 g/mol. The van der Waals surface area contributed by atoms with Gasteiger partial charge in [0.05, 0.1) is 18.1 Å². The summed E-state index contributed by atoms with van der Waals surface area (Å²) in [6.45, 7) is 3.97. The maximum atomic E-state index is 12.8. The Labute approximate surface area is 147 Å². The van der Waals surface area contributed by atoms with Crippen LogP contribution in [-0.4, -0.2) is 42.2 Å². The number of nitrogens with one attached hydrogen (secondary N) is 1. The van der Waals surface area contributed by atoms with E-state index in [0.29, 0.717) is 6.04 Å². The predicted molar refractivity (Wildman–Crippen MR) is 94.3 cm³/mol. The average Bonchev–Trinajstić information content (AvgIpc) is 3.17. The molecule has 5 heteroatoms. The maximum Gasteiger partial charge on any atom is 0.336 e. The Morgan fingerprint density at radius 1 is 1.48 bits per heavy atom. The quantitative estimate of drug-likeness (QED) is 0.468. The number of allylic oxidation sites excluding steroid dienone is 1. The van der Waals surface area contributed by atoms with Crippen LogP contribution < -0.4 is 5.32 Å².